The second-order valence-electron chi connectivity index (χ2n) is 4.54. The van der Waals surface area contributed by atoms with Crippen LogP contribution in [0.15, 0.2) is 24.3 Å². The van der Waals surface area contributed by atoms with Crippen LogP contribution < -0.4 is 10.4 Å². The molecular formula is C13H16ClN3O4. The molecule has 1 aliphatic rings. The van der Waals surface area contributed by atoms with Crippen LogP contribution in [0.4, 0.5) is 10.5 Å². The molecule has 0 atom stereocenters. The van der Waals surface area contributed by atoms with Crippen molar-refractivity contribution in [3.8, 4) is 0 Å². The third-order valence-electron chi connectivity index (χ3n) is 3.10. The third-order valence-corrected chi connectivity index (χ3v) is 3.33. The average Bonchev–Trinajstić information content (AvgIpc) is 2.47. The number of benzene rings is 1. The minimum absolute atomic E-state index is 0.429. The van der Waals surface area contributed by atoms with E-state index in [9.17, 15) is 9.59 Å². The first kappa shape index (κ1) is 15.4. The van der Waals surface area contributed by atoms with Crippen LogP contribution in [-0.4, -0.2) is 54.8 Å². The Morgan fingerprint density at radius 1 is 1.29 bits per heavy atom. The van der Waals surface area contributed by atoms with Gasteiger partial charge in [-0.25, -0.2) is 15.1 Å². The number of carbonyl (C=O) groups is 2. The first-order chi connectivity index (χ1) is 10.1. The van der Waals surface area contributed by atoms with Crippen molar-refractivity contribution in [3.05, 3.63) is 29.3 Å². The van der Waals surface area contributed by atoms with Gasteiger partial charge in [0.25, 0.3) is 0 Å². The number of carboxylic acid groups (broad SMARTS) is 1. The minimum Gasteiger partial charge on any atom is -0.479 e. The van der Waals surface area contributed by atoms with Crippen molar-refractivity contribution >= 4 is 29.3 Å². The van der Waals surface area contributed by atoms with Gasteiger partial charge in [0.05, 0.1) is 0 Å². The number of nitrogens with zero attached hydrogens (tertiary/aromatic N) is 2. The number of carbonyl (C=O) groups excluding carboxylic acids is 1. The van der Waals surface area contributed by atoms with E-state index in [0.29, 0.717) is 31.2 Å². The molecule has 114 valence electrons. The summed E-state index contributed by atoms with van der Waals surface area (Å²) in [5, 5.41) is 9.09. The van der Waals surface area contributed by atoms with Crippen LogP contribution in [0.1, 0.15) is 0 Å². The van der Waals surface area contributed by atoms with Crippen LogP contribution in [0.3, 0.4) is 0 Å². The maximum Gasteiger partial charge on any atom is 0.341 e. The molecule has 0 saturated carbocycles. The van der Waals surface area contributed by atoms with Crippen LogP contribution in [0, 0.1) is 0 Å². The maximum absolute atomic E-state index is 11.7. The monoisotopic (exact) mass is 313 g/mol. The van der Waals surface area contributed by atoms with Gasteiger partial charge in [0.1, 0.15) is 0 Å². The summed E-state index contributed by atoms with van der Waals surface area (Å²) in [7, 11) is 0. The molecule has 7 nitrogen and oxygen atoms in total. The topological polar surface area (TPSA) is 82.1 Å². The van der Waals surface area contributed by atoms with Crippen LogP contribution in [0.2, 0.25) is 5.02 Å². The summed E-state index contributed by atoms with van der Waals surface area (Å²) in [4.78, 5) is 30.3. The molecule has 0 spiro atoms. The molecule has 0 unspecified atom stereocenters. The molecular weight excluding hydrogens is 298 g/mol. The molecule has 0 aromatic heterocycles. The highest BCUT2D eigenvalue weighted by molar-refractivity contribution is 6.30. The van der Waals surface area contributed by atoms with E-state index in [4.69, 9.17) is 16.7 Å². The molecule has 21 heavy (non-hydrogen) atoms. The van der Waals surface area contributed by atoms with Gasteiger partial charge in [-0.3, -0.25) is 4.84 Å². The Morgan fingerprint density at radius 3 is 2.62 bits per heavy atom. The molecule has 1 aromatic carbocycles. The molecule has 0 bridgehead atoms. The highest BCUT2D eigenvalue weighted by Crippen LogP contribution is 2.20. The minimum atomic E-state index is -1.14. The van der Waals surface area contributed by atoms with E-state index < -0.39 is 18.6 Å². The summed E-state index contributed by atoms with van der Waals surface area (Å²) in [5.41, 5.74) is 3.13. The molecule has 8 heteroatoms. The predicted molar refractivity (Wildman–Crippen MR) is 77.4 cm³/mol. The van der Waals surface area contributed by atoms with Gasteiger partial charge >= 0.3 is 12.0 Å². The lowest BCUT2D eigenvalue weighted by molar-refractivity contribution is -0.144. The first-order valence-electron chi connectivity index (χ1n) is 6.45. The Kier molecular flexibility index (Phi) is 5.24. The fourth-order valence-electron chi connectivity index (χ4n) is 2.06. The molecule has 0 aliphatic carbocycles. The van der Waals surface area contributed by atoms with E-state index in [1.807, 2.05) is 24.3 Å². The van der Waals surface area contributed by atoms with Crippen molar-refractivity contribution in [2.75, 3.05) is 37.7 Å². The molecule has 1 aromatic rings. The predicted octanol–water partition coefficient (Wildman–Crippen LogP) is 1.19. The lowest BCUT2D eigenvalue weighted by atomic mass is 10.2. The van der Waals surface area contributed by atoms with Gasteiger partial charge in [-0.15, -0.1) is 0 Å². The number of urea groups is 1. The van der Waals surface area contributed by atoms with Crippen LogP contribution in [0.5, 0.6) is 0 Å². The van der Waals surface area contributed by atoms with E-state index in [2.05, 4.69) is 15.2 Å². The van der Waals surface area contributed by atoms with Crippen LogP contribution >= 0.6 is 11.6 Å². The third kappa shape index (κ3) is 4.51. The zero-order valence-corrected chi connectivity index (χ0v) is 12.0. The zero-order valence-electron chi connectivity index (χ0n) is 11.3. The molecule has 1 fully saturated rings. The second-order valence-corrected chi connectivity index (χ2v) is 4.98. The number of nitrogens with one attached hydrogen (secondary N) is 1. The number of hydroxylamine groups is 1. The summed E-state index contributed by atoms with van der Waals surface area (Å²) in [6.07, 6.45) is 0. The number of carboxylic acids is 1. The fourth-order valence-corrected chi connectivity index (χ4v) is 2.25. The Balaban J connectivity index is 1.80. The number of amides is 2. The van der Waals surface area contributed by atoms with Crippen molar-refractivity contribution in [2.45, 2.75) is 0 Å². The van der Waals surface area contributed by atoms with Gasteiger partial charge in [0.2, 0.25) is 0 Å². The number of rotatable bonds is 4. The molecule has 2 amide bonds. The Hall–Kier alpha value is -1.99. The maximum atomic E-state index is 11.7. The number of halogens is 1. The molecule has 1 aliphatic heterocycles. The van der Waals surface area contributed by atoms with Crippen molar-refractivity contribution < 1.29 is 19.5 Å². The fraction of sp³-hybridized carbons (Fsp3) is 0.385. The number of piperazine rings is 1. The van der Waals surface area contributed by atoms with Gasteiger partial charge in [0.15, 0.2) is 6.61 Å². The van der Waals surface area contributed by atoms with Crippen molar-refractivity contribution in [1.29, 1.82) is 0 Å². The molecule has 1 saturated heterocycles. The molecule has 0 radical (unpaired) electrons. The Bertz CT molecular complexity index is 518. The van der Waals surface area contributed by atoms with Gasteiger partial charge in [0, 0.05) is 36.9 Å². The van der Waals surface area contributed by atoms with E-state index >= 15 is 0 Å². The van der Waals surface area contributed by atoms with E-state index in [-0.39, 0.29) is 0 Å². The summed E-state index contributed by atoms with van der Waals surface area (Å²) in [5.74, 6) is -1.14. The van der Waals surface area contributed by atoms with Gasteiger partial charge in [-0.2, -0.15) is 0 Å². The standard InChI is InChI=1S/C13H16ClN3O4/c14-10-2-1-3-11(8-10)16-4-6-17(7-5-16)13(20)15-21-9-12(18)19/h1-3,8H,4-7,9H2,(H,15,20)(H,18,19). The molecule has 1 heterocycles. The lowest BCUT2D eigenvalue weighted by Crippen LogP contribution is -2.52. The van der Waals surface area contributed by atoms with Crippen molar-refractivity contribution in [2.24, 2.45) is 0 Å². The molecule has 2 N–H and O–H groups in total. The summed E-state index contributed by atoms with van der Waals surface area (Å²) < 4.78 is 0. The van der Waals surface area contributed by atoms with Gasteiger partial charge in [-0.1, -0.05) is 17.7 Å². The summed E-state index contributed by atoms with van der Waals surface area (Å²) >= 11 is 5.96. The normalized spacial score (nSPS) is 14.9. The van der Waals surface area contributed by atoms with E-state index in [0.717, 1.165) is 5.69 Å². The van der Waals surface area contributed by atoms with Gasteiger partial charge in [-0.05, 0) is 18.2 Å². The summed E-state index contributed by atoms with van der Waals surface area (Å²) in [6.45, 7) is 1.83. The number of hydrogen-bond donors (Lipinski definition) is 2. The van der Waals surface area contributed by atoms with E-state index in [1.54, 1.807) is 4.90 Å². The van der Waals surface area contributed by atoms with E-state index in [1.165, 1.54) is 0 Å². The largest absolute Gasteiger partial charge is 0.479 e. The zero-order chi connectivity index (χ0) is 15.2. The van der Waals surface area contributed by atoms with Crippen LogP contribution in [0.25, 0.3) is 0 Å². The summed E-state index contributed by atoms with van der Waals surface area (Å²) in [6, 6.07) is 7.12. The van der Waals surface area contributed by atoms with Crippen LogP contribution in [-0.2, 0) is 9.63 Å². The molecule has 2 rings (SSSR count). The van der Waals surface area contributed by atoms with Crippen molar-refractivity contribution in [1.82, 2.24) is 10.4 Å². The SMILES string of the molecule is O=C(O)CONC(=O)N1CCN(c2cccc(Cl)c2)CC1. The van der Waals surface area contributed by atoms with Crippen molar-refractivity contribution in [3.63, 3.8) is 0 Å². The average molecular weight is 314 g/mol. The quantitative estimate of drug-likeness (QED) is 0.816. The first-order valence-corrected chi connectivity index (χ1v) is 6.83. The number of aliphatic carboxylic acids is 1. The highest BCUT2D eigenvalue weighted by Gasteiger charge is 2.21. The smallest absolute Gasteiger partial charge is 0.341 e. The highest BCUT2D eigenvalue weighted by atomic mass is 35.5. The second kappa shape index (κ2) is 7.14. The Labute approximate surface area is 127 Å². The number of anilines is 1. The van der Waals surface area contributed by atoms with Gasteiger partial charge < -0.3 is 14.9 Å². The Morgan fingerprint density at radius 2 is 2.00 bits per heavy atom. The number of hydrogen-bond acceptors (Lipinski definition) is 4. The lowest BCUT2D eigenvalue weighted by Gasteiger charge is -2.35.